The average molecular weight is 716 g/mol. The van der Waals surface area contributed by atoms with E-state index in [2.05, 4.69) is 162 Å². The molecule has 8 aromatic carbocycles. The molecule has 0 unspecified atom stereocenters. The van der Waals surface area contributed by atoms with Crippen molar-refractivity contribution in [2.45, 2.75) is 5.41 Å². The van der Waals surface area contributed by atoms with Gasteiger partial charge in [0, 0.05) is 32.8 Å². The molecule has 1 spiro atoms. The SMILES string of the molecule is c1ccc2c(c1)Oc1cc3c4ccccc4n(-c4nc(-c5cccc6ccccc56)c5oc6ccccc6c5n4)c3cc1C21c2ccccc2-c2ccccc21. The fraction of sp³-hybridized carbons (Fsp3) is 0.0196. The number of nitrogens with zero attached hydrogens (tertiary/aromatic N) is 3. The summed E-state index contributed by atoms with van der Waals surface area (Å²) in [4.78, 5) is 10.9. The van der Waals surface area contributed by atoms with Crippen LogP contribution < -0.4 is 4.74 Å². The van der Waals surface area contributed by atoms with Crippen LogP contribution in [0.3, 0.4) is 0 Å². The van der Waals surface area contributed by atoms with Crippen LogP contribution in [-0.4, -0.2) is 14.5 Å². The predicted molar refractivity (Wildman–Crippen MR) is 224 cm³/mol. The normalized spacial score (nSPS) is 13.6. The van der Waals surface area contributed by atoms with Gasteiger partial charge in [-0.25, -0.2) is 9.97 Å². The molecule has 13 rings (SSSR count). The van der Waals surface area contributed by atoms with E-state index >= 15 is 0 Å². The summed E-state index contributed by atoms with van der Waals surface area (Å²) in [6.45, 7) is 0. The van der Waals surface area contributed by atoms with E-state index in [0.29, 0.717) is 11.5 Å². The van der Waals surface area contributed by atoms with Gasteiger partial charge in [0.2, 0.25) is 5.95 Å². The summed E-state index contributed by atoms with van der Waals surface area (Å²) in [5.74, 6) is 2.30. The van der Waals surface area contributed by atoms with E-state index < -0.39 is 5.41 Å². The number of hydrogen-bond acceptors (Lipinski definition) is 4. The summed E-state index contributed by atoms with van der Waals surface area (Å²) in [6, 6.07) is 62.3. The molecule has 1 aliphatic carbocycles. The highest BCUT2D eigenvalue weighted by atomic mass is 16.5. The van der Waals surface area contributed by atoms with Gasteiger partial charge in [0.15, 0.2) is 5.58 Å². The Morgan fingerprint density at radius 1 is 0.446 bits per heavy atom. The molecule has 3 aromatic heterocycles. The van der Waals surface area contributed by atoms with Crippen LogP contribution >= 0.6 is 0 Å². The first-order valence-corrected chi connectivity index (χ1v) is 19.0. The smallest absolute Gasteiger partial charge is 0.236 e. The van der Waals surface area contributed by atoms with E-state index in [9.17, 15) is 0 Å². The zero-order valence-corrected chi connectivity index (χ0v) is 29.9. The number of fused-ring (bicyclic) bond motifs is 16. The van der Waals surface area contributed by atoms with Crippen molar-refractivity contribution in [1.82, 2.24) is 14.5 Å². The maximum absolute atomic E-state index is 6.93. The third-order valence-corrected chi connectivity index (χ3v) is 12.1. The Labute approximate surface area is 320 Å². The highest BCUT2D eigenvalue weighted by Gasteiger charge is 2.51. The largest absolute Gasteiger partial charge is 0.457 e. The molecular formula is C51H29N3O2. The summed E-state index contributed by atoms with van der Waals surface area (Å²) in [5, 5.41) is 5.37. The van der Waals surface area contributed by atoms with Crippen LogP contribution in [0, 0.1) is 0 Å². The Hall–Kier alpha value is -7.50. The first-order valence-electron chi connectivity index (χ1n) is 19.0. The van der Waals surface area contributed by atoms with E-state index in [4.69, 9.17) is 19.1 Å². The second-order valence-corrected chi connectivity index (χ2v) is 14.8. The number of rotatable bonds is 2. The molecule has 5 heteroatoms. The lowest BCUT2D eigenvalue weighted by molar-refractivity contribution is 0.437. The lowest BCUT2D eigenvalue weighted by Crippen LogP contribution is -2.32. The standard InChI is InChI=1S/C51H29N3O2/c1-2-16-31-30(14-1)15-13-21-35(31)47-49-48(36-20-6-11-26-44(36)56-49)53-50(52-47)54-42-25-10-5-19-34(42)37-28-46-41(29-43(37)54)51(40-24-9-12-27-45(40)55-46)38-22-7-3-17-32(38)33-18-4-8-23-39(33)51/h1-29H. The van der Waals surface area contributed by atoms with Gasteiger partial charge in [-0.3, -0.25) is 4.57 Å². The molecule has 1 aliphatic heterocycles. The van der Waals surface area contributed by atoms with Crippen LogP contribution in [0.15, 0.2) is 180 Å². The minimum atomic E-state index is -0.605. The van der Waals surface area contributed by atoms with Crippen LogP contribution in [0.5, 0.6) is 11.5 Å². The minimum absolute atomic E-state index is 0.580. The minimum Gasteiger partial charge on any atom is -0.457 e. The Morgan fingerprint density at radius 3 is 1.93 bits per heavy atom. The fourth-order valence-electron chi connectivity index (χ4n) is 9.83. The summed E-state index contributed by atoms with van der Waals surface area (Å²) < 4.78 is 15.8. The number of furan rings is 1. The molecule has 11 aromatic rings. The van der Waals surface area contributed by atoms with E-state index in [-0.39, 0.29) is 0 Å². The summed E-state index contributed by atoms with van der Waals surface area (Å²) in [7, 11) is 0. The molecule has 0 saturated heterocycles. The molecule has 4 heterocycles. The van der Waals surface area contributed by atoms with Gasteiger partial charge in [0.05, 0.1) is 16.4 Å². The molecule has 5 nitrogen and oxygen atoms in total. The van der Waals surface area contributed by atoms with Gasteiger partial charge in [0.25, 0.3) is 0 Å². The molecular weight excluding hydrogens is 687 g/mol. The van der Waals surface area contributed by atoms with Gasteiger partial charge in [-0.15, -0.1) is 0 Å². The molecule has 0 fully saturated rings. The van der Waals surface area contributed by atoms with Crippen molar-refractivity contribution in [2.75, 3.05) is 0 Å². The monoisotopic (exact) mass is 715 g/mol. The number of para-hydroxylation sites is 3. The Kier molecular flexibility index (Phi) is 5.77. The van der Waals surface area contributed by atoms with Crippen molar-refractivity contribution in [3.8, 4) is 39.8 Å². The summed E-state index contributed by atoms with van der Waals surface area (Å²) in [5.41, 5.74) is 12.6. The third-order valence-electron chi connectivity index (χ3n) is 12.1. The van der Waals surface area contributed by atoms with Gasteiger partial charge in [-0.1, -0.05) is 140 Å². The van der Waals surface area contributed by atoms with Crippen LogP contribution in [0.2, 0.25) is 0 Å². The van der Waals surface area contributed by atoms with Gasteiger partial charge in [-0.05, 0) is 69.4 Å². The van der Waals surface area contributed by atoms with E-state index in [1.165, 1.54) is 22.3 Å². The molecule has 2 aliphatic rings. The predicted octanol–water partition coefficient (Wildman–Crippen LogP) is 12.8. The number of benzene rings is 8. The van der Waals surface area contributed by atoms with Crippen molar-refractivity contribution in [2.24, 2.45) is 0 Å². The van der Waals surface area contributed by atoms with Crippen molar-refractivity contribution in [1.29, 1.82) is 0 Å². The molecule has 260 valence electrons. The van der Waals surface area contributed by atoms with E-state index in [1.807, 2.05) is 18.2 Å². The molecule has 0 N–H and O–H groups in total. The maximum atomic E-state index is 6.93. The molecule has 0 amide bonds. The van der Waals surface area contributed by atoms with Crippen molar-refractivity contribution in [3.63, 3.8) is 0 Å². The van der Waals surface area contributed by atoms with Crippen molar-refractivity contribution >= 4 is 54.6 Å². The number of aromatic nitrogens is 3. The third kappa shape index (κ3) is 3.74. The van der Waals surface area contributed by atoms with Crippen LogP contribution in [0.4, 0.5) is 0 Å². The topological polar surface area (TPSA) is 53.1 Å². The van der Waals surface area contributed by atoms with Gasteiger partial charge in [-0.2, -0.15) is 0 Å². The fourth-order valence-corrected chi connectivity index (χ4v) is 9.83. The van der Waals surface area contributed by atoms with E-state index in [1.54, 1.807) is 0 Å². The summed E-state index contributed by atoms with van der Waals surface area (Å²) in [6.07, 6.45) is 0. The first kappa shape index (κ1) is 29.9. The molecule has 0 radical (unpaired) electrons. The Morgan fingerprint density at radius 2 is 1.09 bits per heavy atom. The van der Waals surface area contributed by atoms with Crippen LogP contribution in [0.25, 0.3) is 83.0 Å². The Bertz CT molecular complexity index is 3430. The van der Waals surface area contributed by atoms with E-state index in [0.717, 1.165) is 82.9 Å². The van der Waals surface area contributed by atoms with Gasteiger partial charge >= 0.3 is 0 Å². The molecule has 0 atom stereocenters. The molecule has 56 heavy (non-hydrogen) atoms. The van der Waals surface area contributed by atoms with Crippen molar-refractivity contribution < 1.29 is 9.15 Å². The number of hydrogen-bond donors (Lipinski definition) is 0. The molecule has 0 saturated carbocycles. The van der Waals surface area contributed by atoms with Crippen LogP contribution in [0.1, 0.15) is 22.3 Å². The molecule has 0 bridgehead atoms. The maximum Gasteiger partial charge on any atom is 0.236 e. The second kappa shape index (κ2) is 10.8. The first-order chi connectivity index (χ1) is 27.8. The highest BCUT2D eigenvalue weighted by Crippen LogP contribution is 2.62. The summed E-state index contributed by atoms with van der Waals surface area (Å²) >= 11 is 0. The van der Waals surface area contributed by atoms with Crippen LogP contribution in [-0.2, 0) is 5.41 Å². The zero-order chi connectivity index (χ0) is 36.5. The average Bonchev–Trinajstić information content (AvgIpc) is 3.89. The quantitative estimate of drug-likeness (QED) is 0.179. The lowest BCUT2D eigenvalue weighted by Gasteiger charge is -2.39. The second-order valence-electron chi connectivity index (χ2n) is 14.8. The zero-order valence-electron chi connectivity index (χ0n) is 29.9. The van der Waals surface area contributed by atoms with Crippen molar-refractivity contribution in [3.05, 3.63) is 198 Å². The van der Waals surface area contributed by atoms with Gasteiger partial charge < -0.3 is 9.15 Å². The lowest BCUT2D eigenvalue weighted by atomic mass is 9.66. The van der Waals surface area contributed by atoms with Gasteiger partial charge in [0.1, 0.15) is 28.3 Å². The highest BCUT2D eigenvalue weighted by molar-refractivity contribution is 6.12. The number of ether oxygens (including phenoxy) is 1. The Balaban J connectivity index is 1.18.